The van der Waals surface area contributed by atoms with Crippen molar-refractivity contribution in [3.63, 3.8) is 0 Å². The summed E-state index contributed by atoms with van der Waals surface area (Å²) >= 11 is 3.26. The molecule has 1 N–H and O–H groups in total. The molecule has 1 fully saturated rings. The average molecular weight is 317 g/mol. The van der Waals surface area contributed by atoms with Gasteiger partial charge in [0.25, 0.3) is 10.0 Å². The Hall–Kier alpha value is -0.880. The monoisotopic (exact) mass is 316 g/mol. The summed E-state index contributed by atoms with van der Waals surface area (Å²) in [6.45, 7) is 1.85. The van der Waals surface area contributed by atoms with Gasteiger partial charge >= 0.3 is 0 Å². The number of nitrogens with one attached hydrogen (secondary N) is 1. The van der Waals surface area contributed by atoms with E-state index in [-0.39, 0.29) is 4.90 Å². The molecule has 17 heavy (non-hydrogen) atoms. The molecule has 0 amide bonds. The summed E-state index contributed by atoms with van der Waals surface area (Å²) in [6, 6.07) is 6.45. The molecule has 6 heteroatoms. The van der Waals surface area contributed by atoms with E-state index < -0.39 is 10.0 Å². The van der Waals surface area contributed by atoms with Crippen LogP contribution >= 0.6 is 15.9 Å². The first-order chi connectivity index (χ1) is 7.99. The number of rotatable bonds is 4. The fourth-order valence-corrected chi connectivity index (χ4v) is 2.52. The lowest BCUT2D eigenvalue weighted by Gasteiger charge is -2.04. The lowest BCUT2D eigenvalue weighted by Crippen LogP contribution is -2.20. The zero-order valence-electron chi connectivity index (χ0n) is 9.35. The van der Waals surface area contributed by atoms with Crippen LogP contribution in [0.2, 0.25) is 0 Å². The van der Waals surface area contributed by atoms with Gasteiger partial charge in [-0.15, -0.1) is 0 Å². The Morgan fingerprint density at radius 2 is 1.94 bits per heavy atom. The van der Waals surface area contributed by atoms with E-state index in [1.54, 1.807) is 12.1 Å². The van der Waals surface area contributed by atoms with Crippen LogP contribution in [0, 0.1) is 5.92 Å². The van der Waals surface area contributed by atoms with Gasteiger partial charge in [-0.3, -0.25) is 0 Å². The maximum atomic E-state index is 11.9. The van der Waals surface area contributed by atoms with Crippen LogP contribution in [0.15, 0.2) is 38.7 Å². The second-order valence-corrected chi connectivity index (χ2v) is 6.65. The lowest BCUT2D eigenvalue weighted by molar-refractivity contribution is 0.584. The van der Waals surface area contributed by atoms with E-state index >= 15 is 0 Å². The Morgan fingerprint density at radius 1 is 1.35 bits per heavy atom. The predicted molar refractivity (Wildman–Crippen MR) is 70.3 cm³/mol. The quantitative estimate of drug-likeness (QED) is 0.685. The number of hydrazone groups is 1. The molecule has 0 aromatic heterocycles. The molecule has 0 bridgehead atoms. The normalized spacial score (nSPS) is 16.9. The molecule has 4 nitrogen and oxygen atoms in total. The minimum atomic E-state index is -3.54. The van der Waals surface area contributed by atoms with Gasteiger partial charge in [0.2, 0.25) is 0 Å². The second kappa shape index (κ2) is 4.78. The topological polar surface area (TPSA) is 58.5 Å². The molecule has 0 atom stereocenters. The van der Waals surface area contributed by atoms with Crippen LogP contribution in [0.1, 0.15) is 19.8 Å². The van der Waals surface area contributed by atoms with Crippen LogP contribution < -0.4 is 4.83 Å². The molecular formula is C11H13BrN2O2S. The summed E-state index contributed by atoms with van der Waals surface area (Å²) in [7, 11) is -3.54. The van der Waals surface area contributed by atoms with Gasteiger partial charge in [0, 0.05) is 10.2 Å². The maximum absolute atomic E-state index is 11.9. The summed E-state index contributed by atoms with van der Waals surface area (Å²) < 4.78 is 24.6. The third-order valence-electron chi connectivity index (χ3n) is 2.63. The Labute approximate surface area is 109 Å². The Bertz CT molecular complexity index is 533. The number of benzene rings is 1. The zero-order valence-corrected chi connectivity index (χ0v) is 11.8. The summed E-state index contributed by atoms with van der Waals surface area (Å²) in [4.78, 5) is 2.48. The highest BCUT2D eigenvalue weighted by molar-refractivity contribution is 9.10. The first-order valence-corrected chi connectivity index (χ1v) is 7.58. The molecule has 0 aliphatic heterocycles. The standard InChI is InChI=1S/C11H13BrN2O2S/c1-8(9-2-3-9)13-14-17(15,16)11-6-4-10(12)5-7-11/h4-7,9,14H,2-3H2,1H3/b13-8+. The summed E-state index contributed by atoms with van der Waals surface area (Å²) in [5.74, 6) is 0.461. The van der Waals surface area contributed by atoms with Crippen molar-refractivity contribution in [3.8, 4) is 0 Å². The van der Waals surface area contributed by atoms with Crippen molar-refractivity contribution in [2.24, 2.45) is 11.0 Å². The third kappa shape index (κ3) is 3.29. The van der Waals surface area contributed by atoms with E-state index in [0.29, 0.717) is 5.92 Å². The van der Waals surface area contributed by atoms with E-state index in [4.69, 9.17) is 0 Å². The molecule has 2 rings (SSSR count). The van der Waals surface area contributed by atoms with E-state index in [0.717, 1.165) is 23.0 Å². The SMILES string of the molecule is C/C(=N\NS(=O)(=O)c1ccc(Br)cc1)C1CC1. The Kier molecular flexibility index (Phi) is 3.53. The van der Waals surface area contributed by atoms with Gasteiger partial charge in [-0.25, -0.2) is 4.83 Å². The average Bonchev–Trinajstić information content (AvgIpc) is 3.10. The van der Waals surface area contributed by atoms with Gasteiger partial charge in [0.1, 0.15) is 0 Å². The van der Waals surface area contributed by atoms with Crippen molar-refractivity contribution in [1.29, 1.82) is 0 Å². The highest BCUT2D eigenvalue weighted by Gasteiger charge is 2.25. The molecule has 1 aliphatic rings. The Balaban J connectivity index is 2.13. The van der Waals surface area contributed by atoms with Crippen molar-refractivity contribution in [2.45, 2.75) is 24.7 Å². The van der Waals surface area contributed by atoms with Crippen molar-refractivity contribution in [2.75, 3.05) is 0 Å². The first-order valence-electron chi connectivity index (χ1n) is 5.30. The minimum Gasteiger partial charge on any atom is -0.200 e. The van der Waals surface area contributed by atoms with Crippen molar-refractivity contribution in [3.05, 3.63) is 28.7 Å². The van der Waals surface area contributed by atoms with Gasteiger partial charge in [-0.05, 0) is 49.9 Å². The van der Waals surface area contributed by atoms with Gasteiger partial charge in [-0.2, -0.15) is 13.5 Å². The van der Waals surface area contributed by atoms with Crippen molar-refractivity contribution >= 4 is 31.7 Å². The van der Waals surface area contributed by atoms with E-state index in [1.807, 2.05) is 6.92 Å². The minimum absolute atomic E-state index is 0.216. The zero-order chi connectivity index (χ0) is 12.5. The van der Waals surface area contributed by atoms with Crippen LogP contribution in [0.5, 0.6) is 0 Å². The van der Waals surface area contributed by atoms with E-state index in [1.165, 1.54) is 12.1 Å². The van der Waals surface area contributed by atoms with Gasteiger partial charge in [0.15, 0.2) is 0 Å². The maximum Gasteiger partial charge on any atom is 0.276 e. The Morgan fingerprint density at radius 3 is 2.47 bits per heavy atom. The van der Waals surface area contributed by atoms with Crippen molar-refractivity contribution in [1.82, 2.24) is 4.83 Å². The number of hydrogen-bond donors (Lipinski definition) is 1. The molecule has 0 saturated heterocycles. The summed E-state index contributed by atoms with van der Waals surface area (Å²) in [5.41, 5.74) is 0.852. The molecule has 1 aromatic carbocycles. The summed E-state index contributed by atoms with van der Waals surface area (Å²) in [5, 5.41) is 3.92. The largest absolute Gasteiger partial charge is 0.276 e. The number of nitrogens with zero attached hydrogens (tertiary/aromatic N) is 1. The van der Waals surface area contributed by atoms with Gasteiger partial charge in [-0.1, -0.05) is 15.9 Å². The molecule has 0 unspecified atom stereocenters. The molecular weight excluding hydrogens is 304 g/mol. The molecule has 1 aromatic rings. The van der Waals surface area contributed by atoms with Crippen LogP contribution in [-0.4, -0.2) is 14.1 Å². The summed E-state index contributed by atoms with van der Waals surface area (Å²) in [6.07, 6.45) is 2.21. The molecule has 0 heterocycles. The number of hydrogen-bond acceptors (Lipinski definition) is 3. The molecule has 92 valence electrons. The van der Waals surface area contributed by atoms with Crippen LogP contribution in [0.4, 0.5) is 0 Å². The lowest BCUT2D eigenvalue weighted by atomic mass is 10.3. The molecule has 0 radical (unpaired) electrons. The van der Waals surface area contributed by atoms with Crippen LogP contribution in [0.25, 0.3) is 0 Å². The number of sulfonamides is 1. The van der Waals surface area contributed by atoms with Crippen LogP contribution in [-0.2, 0) is 10.0 Å². The fourth-order valence-electron chi connectivity index (χ4n) is 1.39. The van der Waals surface area contributed by atoms with E-state index in [9.17, 15) is 8.42 Å². The van der Waals surface area contributed by atoms with Gasteiger partial charge < -0.3 is 0 Å². The first kappa shape index (κ1) is 12.6. The van der Waals surface area contributed by atoms with Gasteiger partial charge in [0.05, 0.1) is 4.90 Å². The highest BCUT2D eigenvalue weighted by atomic mass is 79.9. The second-order valence-electron chi connectivity index (χ2n) is 4.08. The number of halogens is 1. The fraction of sp³-hybridized carbons (Fsp3) is 0.364. The van der Waals surface area contributed by atoms with Crippen molar-refractivity contribution < 1.29 is 8.42 Å². The smallest absolute Gasteiger partial charge is 0.200 e. The van der Waals surface area contributed by atoms with E-state index in [2.05, 4.69) is 25.9 Å². The molecule has 1 aliphatic carbocycles. The molecule has 0 spiro atoms. The predicted octanol–water partition coefficient (Wildman–Crippen LogP) is 2.51. The van der Waals surface area contributed by atoms with Crippen LogP contribution in [0.3, 0.4) is 0 Å². The molecule has 1 saturated carbocycles. The third-order valence-corrected chi connectivity index (χ3v) is 4.39. The highest BCUT2D eigenvalue weighted by Crippen LogP contribution is 2.30.